The van der Waals surface area contributed by atoms with E-state index in [4.69, 9.17) is 5.73 Å². The molecule has 1 nitrogen and oxygen atoms in total. The molecular weight excluding hydrogens is 206 g/mol. The average Bonchev–Trinajstić information content (AvgIpc) is 2.33. The van der Waals surface area contributed by atoms with E-state index < -0.39 is 0 Å². The number of rotatable bonds is 3. The van der Waals surface area contributed by atoms with E-state index in [0.29, 0.717) is 0 Å². The molecule has 2 rings (SSSR count). The molecule has 0 aliphatic carbocycles. The first-order valence-corrected chi connectivity index (χ1v) is 6.16. The van der Waals surface area contributed by atoms with Crippen LogP contribution in [0.5, 0.6) is 0 Å². The first kappa shape index (κ1) is 11.7. The lowest BCUT2D eigenvalue weighted by atomic mass is 9.97. The van der Waals surface area contributed by atoms with E-state index in [1.807, 2.05) is 6.07 Å². The topological polar surface area (TPSA) is 26.0 Å². The molecule has 0 radical (unpaired) electrons. The quantitative estimate of drug-likeness (QED) is 0.778. The zero-order chi connectivity index (χ0) is 12.3. The highest BCUT2D eigenvalue weighted by molar-refractivity contribution is 5.71. The molecule has 0 spiro atoms. The molecule has 0 bridgehead atoms. The molecule has 2 N–H and O–H groups in total. The van der Waals surface area contributed by atoms with Crippen LogP contribution in [0, 0.1) is 6.92 Å². The predicted octanol–water partition coefficient (Wildman–Crippen LogP) is 4.20. The summed E-state index contributed by atoms with van der Waals surface area (Å²) in [6, 6.07) is 14.8. The maximum atomic E-state index is 5.86. The third-order valence-electron chi connectivity index (χ3n) is 3.04. The molecular formula is C16H19N. The lowest BCUT2D eigenvalue weighted by molar-refractivity contribution is 0.922. The van der Waals surface area contributed by atoms with Gasteiger partial charge in [0.25, 0.3) is 0 Å². The summed E-state index contributed by atoms with van der Waals surface area (Å²) < 4.78 is 0. The maximum absolute atomic E-state index is 5.86. The summed E-state index contributed by atoms with van der Waals surface area (Å²) in [6.45, 7) is 4.33. The fourth-order valence-electron chi connectivity index (χ4n) is 2.13. The van der Waals surface area contributed by atoms with Crippen LogP contribution in [0.3, 0.4) is 0 Å². The SMILES string of the molecule is CCCc1cccc(-c2cc(N)ccc2C)c1. The Morgan fingerprint density at radius 2 is 1.88 bits per heavy atom. The first-order valence-electron chi connectivity index (χ1n) is 6.16. The van der Waals surface area contributed by atoms with Crippen molar-refractivity contribution < 1.29 is 0 Å². The van der Waals surface area contributed by atoms with Gasteiger partial charge in [0.15, 0.2) is 0 Å². The van der Waals surface area contributed by atoms with Crippen LogP contribution in [0.15, 0.2) is 42.5 Å². The summed E-state index contributed by atoms with van der Waals surface area (Å²) in [4.78, 5) is 0. The summed E-state index contributed by atoms with van der Waals surface area (Å²) in [5, 5.41) is 0. The third-order valence-corrected chi connectivity index (χ3v) is 3.04. The molecule has 2 aromatic rings. The molecule has 0 amide bonds. The summed E-state index contributed by atoms with van der Waals surface area (Å²) >= 11 is 0. The van der Waals surface area contributed by atoms with Crippen molar-refractivity contribution >= 4 is 5.69 Å². The van der Waals surface area contributed by atoms with Gasteiger partial charge < -0.3 is 5.73 Å². The lowest BCUT2D eigenvalue weighted by Crippen LogP contribution is -1.90. The normalized spacial score (nSPS) is 10.5. The zero-order valence-corrected chi connectivity index (χ0v) is 10.5. The van der Waals surface area contributed by atoms with Crippen molar-refractivity contribution in [3.8, 4) is 11.1 Å². The second-order valence-electron chi connectivity index (χ2n) is 4.52. The smallest absolute Gasteiger partial charge is 0.0320 e. The molecule has 0 heterocycles. The predicted molar refractivity (Wildman–Crippen MR) is 75.0 cm³/mol. The lowest BCUT2D eigenvalue weighted by Gasteiger charge is -2.09. The minimum atomic E-state index is 0.825. The molecule has 0 aliphatic heterocycles. The molecule has 2 aromatic carbocycles. The van der Waals surface area contributed by atoms with Crippen molar-refractivity contribution in [2.24, 2.45) is 0 Å². The molecule has 1 heteroatoms. The Kier molecular flexibility index (Phi) is 3.48. The second kappa shape index (κ2) is 5.05. The highest BCUT2D eigenvalue weighted by Crippen LogP contribution is 2.26. The van der Waals surface area contributed by atoms with Gasteiger partial charge in [-0.15, -0.1) is 0 Å². The van der Waals surface area contributed by atoms with Crippen molar-refractivity contribution in [1.29, 1.82) is 0 Å². The molecule has 88 valence electrons. The van der Waals surface area contributed by atoms with Crippen LogP contribution < -0.4 is 5.73 Å². The van der Waals surface area contributed by atoms with Crippen LogP contribution in [0.1, 0.15) is 24.5 Å². The number of hydrogen-bond acceptors (Lipinski definition) is 1. The number of anilines is 1. The average molecular weight is 225 g/mol. The van der Waals surface area contributed by atoms with E-state index in [1.54, 1.807) is 0 Å². The van der Waals surface area contributed by atoms with Gasteiger partial charge in [-0.1, -0.05) is 43.7 Å². The minimum absolute atomic E-state index is 0.825. The van der Waals surface area contributed by atoms with E-state index >= 15 is 0 Å². The number of benzene rings is 2. The summed E-state index contributed by atoms with van der Waals surface area (Å²) in [7, 11) is 0. The summed E-state index contributed by atoms with van der Waals surface area (Å²) in [5.74, 6) is 0. The maximum Gasteiger partial charge on any atom is 0.0320 e. The molecule has 0 saturated carbocycles. The molecule has 17 heavy (non-hydrogen) atoms. The fraction of sp³-hybridized carbons (Fsp3) is 0.250. The van der Waals surface area contributed by atoms with Gasteiger partial charge in [-0.25, -0.2) is 0 Å². The van der Waals surface area contributed by atoms with Gasteiger partial charge >= 0.3 is 0 Å². The second-order valence-corrected chi connectivity index (χ2v) is 4.52. The Hall–Kier alpha value is -1.76. The molecule has 0 aliphatic rings. The highest BCUT2D eigenvalue weighted by Gasteiger charge is 2.03. The Labute approximate surface area is 103 Å². The van der Waals surface area contributed by atoms with Gasteiger partial charge in [0, 0.05) is 5.69 Å². The Morgan fingerprint density at radius 3 is 2.65 bits per heavy atom. The van der Waals surface area contributed by atoms with Crippen LogP contribution in [-0.2, 0) is 6.42 Å². The van der Waals surface area contributed by atoms with Crippen LogP contribution in [0.2, 0.25) is 0 Å². The van der Waals surface area contributed by atoms with Gasteiger partial charge in [-0.3, -0.25) is 0 Å². The Balaban J connectivity index is 2.45. The van der Waals surface area contributed by atoms with Gasteiger partial charge in [0.1, 0.15) is 0 Å². The Bertz CT molecular complexity index is 515. The van der Waals surface area contributed by atoms with E-state index in [9.17, 15) is 0 Å². The zero-order valence-electron chi connectivity index (χ0n) is 10.5. The number of aryl methyl sites for hydroxylation is 2. The van der Waals surface area contributed by atoms with Crippen LogP contribution in [0.25, 0.3) is 11.1 Å². The summed E-state index contributed by atoms with van der Waals surface area (Å²) in [6.07, 6.45) is 2.31. The van der Waals surface area contributed by atoms with Gasteiger partial charge in [0.05, 0.1) is 0 Å². The van der Waals surface area contributed by atoms with Crippen molar-refractivity contribution in [1.82, 2.24) is 0 Å². The van der Waals surface area contributed by atoms with E-state index in [2.05, 4.69) is 50.2 Å². The fourth-order valence-corrected chi connectivity index (χ4v) is 2.13. The van der Waals surface area contributed by atoms with Crippen molar-refractivity contribution in [3.63, 3.8) is 0 Å². The van der Waals surface area contributed by atoms with Crippen LogP contribution in [-0.4, -0.2) is 0 Å². The molecule has 0 fully saturated rings. The number of hydrogen-bond donors (Lipinski definition) is 1. The summed E-state index contributed by atoms with van der Waals surface area (Å²) in [5.41, 5.74) is 11.9. The van der Waals surface area contributed by atoms with Crippen molar-refractivity contribution in [2.45, 2.75) is 26.7 Å². The van der Waals surface area contributed by atoms with Gasteiger partial charge in [-0.05, 0) is 47.7 Å². The van der Waals surface area contributed by atoms with E-state index in [0.717, 1.165) is 12.1 Å². The van der Waals surface area contributed by atoms with Crippen LogP contribution in [0.4, 0.5) is 5.69 Å². The Morgan fingerprint density at radius 1 is 1.06 bits per heavy atom. The van der Waals surface area contributed by atoms with Crippen molar-refractivity contribution in [3.05, 3.63) is 53.6 Å². The first-order chi connectivity index (χ1) is 8.20. The molecule has 0 unspecified atom stereocenters. The van der Waals surface area contributed by atoms with Crippen LogP contribution >= 0.6 is 0 Å². The highest BCUT2D eigenvalue weighted by atomic mass is 14.5. The number of nitrogen functional groups attached to an aromatic ring is 1. The molecule has 0 aromatic heterocycles. The minimum Gasteiger partial charge on any atom is -0.399 e. The molecule has 0 atom stereocenters. The largest absolute Gasteiger partial charge is 0.399 e. The number of nitrogens with two attached hydrogens (primary N) is 1. The van der Waals surface area contributed by atoms with E-state index in [1.165, 1.54) is 28.7 Å². The third kappa shape index (κ3) is 2.68. The monoisotopic (exact) mass is 225 g/mol. The van der Waals surface area contributed by atoms with Gasteiger partial charge in [-0.2, -0.15) is 0 Å². The molecule has 0 saturated heterocycles. The van der Waals surface area contributed by atoms with Gasteiger partial charge in [0.2, 0.25) is 0 Å². The van der Waals surface area contributed by atoms with E-state index in [-0.39, 0.29) is 0 Å². The standard InChI is InChI=1S/C16H19N/c1-3-5-13-6-4-7-14(10-13)16-11-15(17)9-8-12(16)2/h4,6-11H,3,5,17H2,1-2H3. The van der Waals surface area contributed by atoms with Crippen molar-refractivity contribution in [2.75, 3.05) is 5.73 Å².